The normalized spacial score (nSPS) is 12.5. The number of methoxy groups -OCH3 is 1. The zero-order valence-electron chi connectivity index (χ0n) is 11.4. The van der Waals surface area contributed by atoms with Crippen molar-refractivity contribution in [1.29, 1.82) is 0 Å². The number of rotatable bonds is 4. The van der Waals surface area contributed by atoms with Crippen molar-refractivity contribution in [3.05, 3.63) is 29.6 Å². The van der Waals surface area contributed by atoms with Crippen LogP contribution in [0.4, 0.5) is 0 Å². The lowest BCUT2D eigenvalue weighted by Crippen LogP contribution is -2.15. The minimum Gasteiger partial charge on any atom is -0.468 e. The lowest BCUT2D eigenvalue weighted by molar-refractivity contribution is -0.139. The number of carbonyl (C=O) groups is 1. The first-order valence-corrected chi connectivity index (χ1v) is 7.96. The highest BCUT2D eigenvalue weighted by atomic mass is 32.2. The molecular weight excluding hydrogens is 308 g/mol. The Morgan fingerprint density at radius 2 is 2.24 bits per heavy atom. The van der Waals surface area contributed by atoms with Crippen LogP contribution in [0.1, 0.15) is 6.92 Å². The van der Waals surface area contributed by atoms with Crippen molar-refractivity contribution in [2.45, 2.75) is 17.2 Å². The van der Waals surface area contributed by atoms with Gasteiger partial charge in [0.05, 0.1) is 12.0 Å². The van der Waals surface area contributed by atoms with Crippen LogP contribution in [-0.4, -0.2) is 38.1 Å². The topological polar surface area (TPSA) is 69.4 Å². The summed E-state index contributed by atoms with van der Waals surface area (Å²) in [6.45, 7) is 1.79. The van der Waals surface area contributed by atoms with Crippen LogP contribution in [0, 0.1) is 0 Å². The molecule has 6 nitrogen and oxygen atoms in total. The van der Waals surface area contributed by atoms with Gasteiger partial charge in [0.15, 0.2) is 11.5 Å². The Morgan fingerprint density at radius 3 is 2.95 bits per heavy atom. The molecule has 0 amide bonds. The van der Waals surface area contributed by atoms with Crippen LogP contribution in [-0.2, 0) is 9.53 Å². The molecule has 0 radical (unpaired) electrons. The zero-order valence-corrected chi connectivity index (χ0v) is 13.0. The van der Waals surface area contributed by atoms with Crippen LogP contribution in [0.2, 0.25) is 0 Å². The number of hydrogen-bond donors (Lipinski definition) is 0. The van der Waals surface area contributed by atoms with E-state index >= 15 is 0 Å². The molecular formula is C13H12N4O2S2. The van der Waals surface area contributed by atoms with Crippen molar-refractivity contribution in [3.8, 4) is 10.7 Å². The molecule has 0 saturated heterocycles. The summed E-state index contributed by atoms with van der Waals surface area (Å²) in [6.07, 6.45) is 0. The van der Waals surface area contributed by atoms with Gasteiger partial charge in [0.1, 0.15) is 10.3 Å². The van der Waals surface area contributed by atoms with Crippen molar-refractivity contribution in [2.24, 2.45) is 0 Å². The first kappa shape index (κ1) is 14.0. The fourth-order valence-corrected chi connectivity index (χ4v) is 3.31. The fourth-order valence-electron chi connectivity index (χ4n) is 1.79. The second-order valence-electron chi connectivity index (χ2n) is 4.23. The number of aromatic nitrogens is 4. The molecule has 3 rings (SSSR count). The monoisotopic (exact) mass is 320 g/mol. The molecule has 1 atom stereocenters. The van der Waals surface area contributed by atoms with E-state index in [2.05, 4.69) is 15.3 Å². The third-order valence-electron chi connectivity index (χ3n) is 2.81. The summed E-state index contributed by atoms with van der Waals surface area (Å²) >= 11 is 2.92. The first-order valence-electron chi connectivity index (χ1n) is 6.20. The van der Waals surface area contributed by atoms with Gasteiger partial charge < -0.3 is 4.74 Å². The minimum absolute atomic E-state index is 0.274. The molecule has 0 spiro atoms. The van der Waals surface area contributed by atoms with Gasteiger partial charge in [-0.2, -0.15) is 9.61 Å². The van der Waals surface area contributed by atoms with Crippen molar-refractivity contribution in [3.63, 3.8) is 0 Å². The van der Waals surface area contributed by atoms with Crippen LogP contribution in [0.25, 0.3) is 16.3 Å². The van der Waals surface area contributed by atoms with Gasteiger partial charge in [-0.05, 0) is 30.5 Å². The molecule has 108 valence electrons. The Morgan fingerprint density at radius 1 is 1.38 bits per heavy atom. The van der Waals surface area contributed by atoms with Crippen molar-refractivity contribution in [1.82, 2.24) is 19.8 Å². The Kier molecular flexibility index (Phi) is 3.89. The molecule has 0 fully saturated rings. The molecule has 8 heteroatoms. The molecule has 0 aliphatic heterocycles. The second kappa shape index (κ2) is 5.82. The summed E-state index contributed by atoms with van der Waals surface area (Å²) in [5, 5.41) is 15.2. The number of carbonyl (C=O) groups excluding carboxylic acids is 1. The van der Waals surface area contributed by atoms with Gasteiger partial charge in [-0.15, -0.1) is 21.5 Å². The van der Waals surface area contributed by atoms with E-state index in [0.29, 0.717) is 11.5 Å². The van der Waals surface area contributed by atoms with E-state index in [9.17, 15) is 4.79 Å². The van der Waals surface area contributed by atoms with E-state index in [1.54, 1.807) is 22.8 Å². The highest BCUT2D eigenvalue weighted by Crippen LogP contribution is 2.25. The molecule has 0 unspecified atom stereocenters. The third-order valence-corrected chi connectivity index (χ3v) is 4.68. The zero-order chi connectivity index (χ0) is 14.8. The Bertz CT molecular complexity index is 770. The molecule has 0 aromatic carbocycles. The molecule has 0 bridgehead atoms. The molecule has 0 aliphatic rings. The maximum Gasteiger partial charge on any atom is 0.318 e. The van der Waals surface area contributed by atoms with E-state index < -0.39 is 0 Å². The summed E-state index contributed by atoms with van der Waals surface area (Å²) in [5.74, 6) is 0.428. The van der Waals surface area contributed by atoms with E-state index in [-0.39, 0.29) is 11.2 Å². The van der Waals surface area contributed by atoms with Crippen LogP contribution >= 0.6 is 23.1 Å². The molecule has 0 aliphatic carbocycles. The average molecular weight is 320 g/mol. The third kappa shape index (κ3) is 2.77. The quantitative estimate of drug-likeness (QED) is 0.543. The molecule has 3 heterocycles. The predicted molar refractivity (Wildman–Crippen MR) is 81.4 cm³/mol. The number of hydrogen-bond acceptors (Lipinski definition) is 7. The standard InChI is InChI=1S/C13H12N4O2S2/c1-8(13(18)19-2)21-11-6-5-10-14-15-12(17(10)16-11)9-4-3-7-20-9/h3-8H,1-2H3/t8-/m0/s1. The van der Waals surface area contributed by atoms with E-state index in [4.69, 9.17) is 4.74 Å². The SMILES string of the molecule is COC(=O)[C@H](C)Sc1ccc2nnc(-c3cccs3)n2n1. The van der Waals surface area contributed by atoms with Crippen molar-refractivity contribution < 1.29 is 9.53 Å². The van der Waals surface area contributed by atoms with Crippen molar-refractivity contribution >= 4 is 34.7 Å². The Labute approximate surface area is 129 Å². The minimum atomic E-state index is -0.318. The fraction of sp³-hybridized carbons (Fsp3) is 0.231. The van der Waals surface area contributed by atoms with Crippen LogP contribution in [0.5, 0.6) is 0 Å². The number of thiophene rings is 1. The van der Waals surface area contributed by atoms with Crippen molar-refractivity contribution in [2.75, 3.05) is 7.11 Å². The lowest BCUT2D eigenvalue weighted by Gasteiger charge is -2.08. The van der Waals surface area contributed by atoms with Crippen LogP contribution in [0.3, 0.4) is 0 Å². The van der Waals surface area contributed by atoms with Crippen LogP contribution in [0.15, 0.2) is 34.7 Å². The molecule has 21 heavy (non-hydrogen) atoms. The Balaban J connectivity index is 1.95. The molecule has 3 aromatic heterocycles. The summed E-state index contributed by atoms with van der Waals surface area (Å²) in [7, 11) is 1.38. The summed E-state index contributed by atoms with van der Waals surface area (Å²) < 4.78 is 6.41. The molecule has 3 aromatic rings. The van der Waals surface area contributed by atoms with Gasteiger partial charge in [-0.1, -0.05) is 17.8 Å². The Hall–Kier alpha value is -1.93. The van der Waals surface area contributed by atoms with Gasteiger partial charge >= 0.3 is 5.97 Å². The number of nitrogens with zero attached hydrogens (tertiary/aromatic N) is 4. The summed E-state index contributed by atoms with van der Waals surface area (Å²) in [5.41, 5.74) is 0.675. The maximum atomic E-state index is 11.5. The highest BCUT2D eigenvalue weighted by Gasteiger charge is 2.17. The number of thioether (sulfide) groups is 1. The lowest BCUT2D eigenvalue weighted by atomic mass is 10.4. The number of fused-ring (bicyclic) bond motifs is 1. The van der Waals surface area contributed by atoms with Gasteiger partial charge in [0.2, 0.25) is 0 Å². The predicted octanol–water partition coefficient (Wildman–Crippen LogP) is 2.51. The van der Waals surface area contributed by atoms with E-state index in [0.717, 1.165) is 9.90 Å². The van der Waals surface area contributed by atoms with Gasteiger partial charge in [0, 0.05) is 0 Å². The highest BCUT2D eigenvalue weighted by molar-refractivity contribution is 8.00. The number of ether oxygens (including phenoxy) is 1. The summed E-state index contributed by atoms with van der Waals surface area (Å²) in [4.78, 5) is 12.5. The smallest absolute Gasteiger partial charge is 0.318 e. The largest absolute Gasteiger partial charge is 0.468 e. The second-order valence-corrected chi connectivity index (χ2v) is 6.53. The van der Waals surface area contributed by atoms with Gasteiger partial charge in [0.25, 0.3) is 0 Å². The first-order chi connectivity index (χ1) is 10.2. The summed E-state index contributed by atoms with van der Waals surface area (Å²) in [6, 6.07) is 7.59. The average Bonchev–Trinajstić information content (AvgIpc) is 3.14. The van der Waals surface area contributed by atoms with Crippen LogP contribution < -0.4 is 0 Å². The van der Waals surface area contributed by atoms with Gasteiger partial charge in [-0.3, -0.25) is 4.79 Å². The maximum absolute atomic E-state index is 11.5. The van der Waals surface area contributed by atoms with E-state index in [1.165, 1.54) is 18.9 Å². The van der Waals surface area contributed by atoms with E-state index in [1.807, 2.05) is 29.6 Å². The molecule has 0 N–H and O–H groups in total. The molecule has 0 saturated carbocycles. The number of esters is 1. The van der Waals surface area contributed by atoms with Gasteiger partial charge in [-0.25, -0.2) is 0 Å².